The molecule has 1 rings (SSSR count). The summed E-state index contributed by atoms with van der Waals surface area (Å²) < 4.78 is 0. The van der Waals surface area contributed by atoms with Crippen molar-refractivity contribution in [2.24, 2.45) is 0 Å². The fraction of sp³-hybridized carbons (Fsp3) is 0.250. The van der Waals surface area contributed by atoms with Gasteiger partial charge in [-0.1, -0.05) is 6.08 Å². The topological polar surface area (TPSA) is 14.0 Å². The number of hydrogen-bond donors (Lipinski definition) is 1. The van der Waals surface area contributed by atoms with Crippen molar-refractivity contribution in [2.75, 3.05) is 0 Å². The minimum atomic E-state index is 0. The first-order chi connectivity index (χ1) is 4.43. The van der Waals surface area contributed by atoms with Gasteiger partial charge in [0.1, 0.15) is 0 Å². The molecule has 1 unspecified atom stereocenters. The number of nitrogens with one attached hydrogen (secondary N) is 1. The van der Waals surface area contributed by atoms with E-state index in [1.807, 2.05) is 18.4 Å². The second-order valence-corrected chi connectivity index (χ2v) is 2.00. The molecular weight excluding hydrogens is 338 g/mol. The quantitative estimate of drug-likeness (QED) is 0.430. The number of hydrogen-bond acceptors (Lipinski definition) is 0. The van der Waals surface area contributed by atoms with Crippen molar-refractivity contribution in [1.29, 1.82) is 0 Å². The first kappa shape index (κ1) is 13.9. The molecule has 1 heterocycles. The van der Waals surface area contributed by atoms with Gasteiger partial charge >= 0.3 is 22.4 Å². The van der Waals surface area contributed by atoms with Gasteiger partial charge < -0.3 is 9.90 Å². The van der Waals surface area contributed by atoms with Crippen LogP contribution < -0.4 is 4.99 Å². The van der Waals surface area contributed by atoms with E-state index in [9.17, 15) is 0 Å². The fourth-order valence-corrected chi connectivity index (χ4v) is 0.787. The zero-order valence-corrected chi connectivity index (χ0v) is 9.58. The van der Waals surface area contributed by atoms with Crippen LogP contribution in [0.25, 0.3) is 0 Å². The Morgan fingerprint density at radius 3 is 2.82 bits per heavy atom. The van der Waals surface area contributed by atoms with E-state index < -0.39 is 0 Å². The molecule has 3 heteroatoms. The van der Waals surface area contributed by atoms with Crippen LogP contribution in [-0.2, 0) is 22.4 Å². The van der Waals surface area contributed by atoms with Crippen LogP contribution in [0.5, 0.6) is 0 Å². The third-order valence-corrected chi connectivity index (χ3v) is 1.26. The Labute approximate surface area is 88.7 Å². The van der Waals surface area contributed by atoms with Gasteiger partial charge in [-0.25, -0.2) is 4.99 Å². The van der Waals surface area contributed by atoms with Gasteiger partial charge in [0.05, 0.1) is 0 Å². The summed E-state index contributed by atoms with van der Waals surface area (Å²) >= 11 is 0. The molecule has 0 aliphatic carbocycles. The maximum Gasteiger partial charge on any atom is 1.00 e. The van der Waals surface area contributed by atoms with E-state index in [1.54, 1.807) is 0 Å². The van der Waals surface area contributed by atoms with Crippen molar-refractivity contribution in [3.05, 3.63) is 31.2 Å². The van der Waals surface area contributed by atoms with E-state index in [-0.39, 0.29) is 33.7 Å². The van der Waals surface area contributed by atoms with Gasteiger partial charge in [-0.05, 0) is 12.5 Å². The summed E-state index contributed by atoms with van der Waals surface area (Å²) in [7, 11) is 0. The maximum atomic E-state index is 3.63. The van der Waals surface area contributed by atoms with Crippen molar-refractivity contribution >= 4 is 16.1 Å². The molecule has 1 N–H and O–H groups in total. The monoisotopic (exact) mass is 353 g/mol. The van der Waals surface area contributed by atoms with Gasteiger partial charge in [-0.3, -0.25) is 0 Å². The predicted molar refractivity (Wildman–Crippen MR) is 50.9 cm³/mol. The Kier molecular flexibility index (Phi) is 10.6. The van der Waals surface area contributed by atoms with E-state index in [0.717, 1.165) is 6.42 Å². The summed E-state index contributed by atoms with van der Waals surface area (Å²) in [5.74, 6) is 0. The molecule has 0 saturated carbocycles. The molecule has 0 bridgehead atoms. The van der Waals surface area contributed by atoms with Crippen LogP contribution in [0, 0.1) is 6.42 Å². The molecule has 0 fully saturated rings. The molecule has 11 heavy (non-hydrogen) atoms. The van der Waals surface area contributed by atoms with E-state index in [2.05, 4.69) is 24.1 Å². The van der Waals surface area contributed by atoms with Crippen molar-refractivity contribution in [2.45, 2.75) is 12.5 Å². The van der Waals surface area contributed by atoms with Gasteiger partial charge in [0.2, 0.25) is 0 Å². The maximum absolute atomic E-state index is 3.63. The van der Waals surface area contributed by atoms with Gasteiger partial charge in [0.25, 0.3) is 0 Å². The second kappa shape index (κ2) is 8.42. The average Bonchev–Trinajstić information content (AvgIpc) is 2.34. The molecule has 0 aromatic heterocycles. The van der Waals surface area contributed by atoms with Crippen LogP contribution in [0.15, 0.2) is 24.8 Å². The first-order valence-electron chi connectivity index (χ1n) is 3.14. The summed E-state index contributed by atoms with van der Waals surface area (Å²) in [6, 6.07) is 0.433. The van der Waals surface area contributed by atoms with Crippen molar-refractivity contribution in [1.82, 2.24) is 0 Å². The largest absolute Gasteiger partial charge is 1.00 e. The first-order valence-corrected chi connectivity index (χ1v) is 3.14. The molecule has 1 radical (unpaired) electrons. The molecule has 1 aliphatic heterocycles. The molecule has 67 valence electrons. The molecule has 0 saturated heterocycles. The van der Waals surface area contributed by atoms with Crippen LogP contribution in [0.4, 0.5) is 0 Å². The normalized spacial score (nSPS) is 18.7. The molecule has 0 amide bonds. The van der Waals surface area contributed by atoms with Crippen LogP contribution in [0.1, 0.15) is 7.85 Å². The van der Waals surface area contributed by atoms with Crippen molar-refractivity contribution in [3.8, 4) is 0 Å². The van der Waals surface area contributed by atoms with E-state index >= 15 is 0 Å². The van der Waals surface area contributed by atoms with Gasteiger partial charge in [-0.2, -0.15) is 0 Å². The molecule has 1 aliphatic rings. The van der Waals surface area contributed by atoms with E-state index in [1.165, 1.54) is 0 Å². The van der Waals surface area contributed by atoms with Crippen LogP contribution in [0.3, 0.4) is 0 Å². The predicted octanol–water partition coefficient (Wildman–Crippen LogP) is 0.426. The van der Waals surface area contributed by atoms with Gasteiger partial charge in [-0.15, -0.1) is 6.58 Å². The number of rotatable bonds is 3. The second-order valence-electron chi connectivity index (χ2n) is 2.00. The van der Waals surface area contributed by atoms with Crippen molar-refractivity contribution < 1.29 is 28.8 Å². The summed E-state index contributed by atoms with van der Waals surface area (Å²) in [6.45, 7) is 3.63. The Hall–Kier alpha value is 0.320. The minimum absolute atomic E-state index is 0. The Balaban J connectivity index is -0.000000270. The molecule has 1 nitrogen and oxygen atoms in total. The van der Waals surface area contributed by atoms with E-state index in [4.69, 9.17) is 0 Å². The minimum Gasteiger partial charge on any atom is -0.577 e. The third kappa shape index (κ3) is 5.58. The smallest absolute Gasteiger partial charge is 0.577 e. The third-order valence-electron chi connectivity index (χ3n) is 1.26. The Bertz CT molecular complexity index is 147. The van der Waals surface area contributed by atoms with Gasteiger partial charge in [0, 0.05) is 13.9 Å². The standard InChI is InChI=1S/C8H10N.Au.H2P.H2/c1-2-3-5-8-6-4-7-9-8;;;/h2,4-8H,1,3H2;;1H2;1H/q;+1;-1;/p+1. The van der Waals surface area contributed by atoms with Crippen LogP contribution in [0.2, 0.25) is 0 Å². The van der Waals surface area contributed by atoms with Crippen LogP contribution >= 0.6 is 9.90 Å². The summed E-state index contributed by atoms with van der Waals surface area (Å²) in [5, 5.41) is 0. The van der Waals surface area contributed by atoms with Gasteiger partial charge in [0.15, 0.2) is 12.3 Å². The molecule has 1 atom stereocenters. The van der Waals surface area contributed by atoms with E-state index in [0.29, 0.717) is 6.04 Å². The fourth-order valence-electron chi connectivity index (χ4n) is 0.787. The Morgan fingerprint density at radius 1 is 1.64 bits per heavy atom. The zero-order chi connectivity index (χ0) is 6.53. The summed E-state index contributed by atoms with van der Waals surface area (Å²) in [4.78, 5) is 3.15. The molecular formula is C8H15AuNP+. The number of allylic oxidation sites excluding steroid dienone is 2. The van der Waals surface area contributed by atoms with Crippen LogP contribution in [-0.4, -0.2) is 12.3 Å². The van der Waals surface area contributed by atoms with Crippen molar-refractivity contribution in [3.63, 3.8) is 0 Å². The average molecular weight is 353 g/mol. The SMILES string of the molecule is C=CC[CH]C1C=CC=[NH+]1.[Au+].[HH].[PH2-]. The molecule has 0 spiro atoms. The molecule has 0 aromatic carbocycles. The molecule has 0 aromatic rings. The summed E-state index contributed by atoms with van der Waals surface area (Å²) in [6.07, 6.45) is 11.1. The zero-order valence-electron chi connectivity index (χ0n) is 6.26. The summed E-state index contributed by atoms with van der Waals surface area (Å²) in [5.41, 5.74) is 0. The Morgan fingerprint density at radius 2 is 2.36 bits per heavy atom.